The standard InChI is InChI=1S/C16H21BrN2O/c1-4-18-12(2)13-7-8-16(15(17)10-13)19(3)11-14-6-5-9-20-14/h5-10,12,18H,4,11H2,1-3H3. The Labute approximate surface area is 129 Å². The highest BCUT2D eigenvalue weighted by atomic mass is 79.9. The first-order chi connectivity index (χ1) is 9.61. The van der Waals surface area contributed by atoms with Gasteiger partial charge in [-0.2, -0.15) is 0 Å². The van der Waals surface area contributed by atoms with Gasteiger partial charge < -0.3 is 14.6 Å². The van der Waals surface area contributed by atoms with E-state index in [0.717, 1.165) is 29.0 Å². The normalized spacial score (nSPS) is 12.4. The molecule has 0 spiro atoms. The summed E-state index contributed by atoms with van der Waals surface area (Å²) < 4.78 is 6.50. The third-order valence-corrected chi connectivity index (χ3v) is 4.00. The van der Waals surface area contributed by atoms with Gasteiger partial charge in [0.05, 0.1) is 18.5 Å². The summed E-state index contributed by atoms with van der Waals surface area (Å²) in [5.74, 6) is 0.962. The highest BCUT2D eigenvalue weighted by Gasteiger charge is 2.11. The van der Waals surface area contributed by atoms with Crippen molar-refractivity contribution in [1.82, 2.24) is 5.32 Å². The molecule has 20 heavy (non-hydrogen) atoms. The molecule has 1 atom stereocenters. The van der Waals surface area contributed by atoms with Gasteiger partial charge in [-0.1, -0.05) is 13.0 Å². The van der Waals surface area contributed by atoms with Crippen LogP contribution in [0.15, 0.2) is 45.5 Å². The summed E-state index contributed by atoms with van der Waals surface area (Å²) in [6, 6.07) is 10.8. The first-order valence-corrected chi connectivity index (χ1v) is 7.67. The fraction of sp³-hybridized carbons (Fsp3) is 0.375. The molecule has 2 aromatic rings. The largest absolute Gasteiger partial charge is 0.467 e. The summed E-state index contributed by atoms with van der Waals surface area (Å²) >= 11 is 3.67. The van der Waals surface area contributed by atoms with Crippen molar-refractivity contribution in [2.24, 2.45) is 0 Å². The fourth-order valence-electron chi connectivity index (χ4n) is 2.25. The Morgan fingerprint density at radius 3 is 2.75 bits per heavy atom. The summed E-state index contributed by atoms with van der Waals surface area (Å²) in [4.78, 5) is 2.17. The predicted molar refractivity (Wildman–Crippen MR) is 87.0 cm³/mol. The topological polar surface area (TPSA) is 28.4 Å². The van der Waals surface area contributed by atoms with E-state index in [2.05, 4.69) is 65.2 Å². The molecule has 108 valence electrons. The molecular formula is C16H21BrN2O. The molecule has 1 heterocycles. The Kier molecular flexibility index (Phi) is 5.26. The van der Waals surface area contributed by atoms with Crippen LogP contribution < -0.4 is 10.2 Å². The lowest BCUT2D eigenvalue weighted by molar-refractivity contribution is 0.507. The lowest BCUT2D eigenvalue weighted by Gasteiger charge is -2.21. The first-order valence-electron chi connectivity index (χ1n) is 6.88. The summed E-state index contributed by atoms with van der Waals surface area (Å²) in [5, 5.41) is 3.42. The van der Waals surface area contributed by atoms with E-state index >= 15 is 0 Å². The van der Waals surface area contributed by atoms with Gasteiger partial charge in [-0.15, -0.1) is 0 Å². The van der Waals surface area contributed by atoms with Gasteiger partial charge in [0.25, 0.3) is 0 Å². The summed E-state index contributed by atoms with van der Waals surface area (Å²) in [7, 11) is 2.07. The molecule has 1 aromatic heterocycles. The average Bonchev–Trinajstić information content (AvgIpc) is 2.91. The number of nitrogens with zero attached hydrogens (tertiary/aromatic N) is 1. The SMILES string of the molecule is CCNC(C)c1ccc(N(C)Cc2ccco2)c(Br)c1. The molecule has 0 aliphatic carbocycles. The minimum absolute atomic E-state index is 0.362. The second kappa shape index (κ2) is 6.95. The number of nitrogens with one attached hydrogen (secondary N) is 1. The van der Waals surface area contributed by atoms with E-state index in [4.69, 9.17) is 4.42 Å². The maximum Gasteiger partial charge on any atom is 0.123 e. The lowest BCUT2D eigenvalue weighted by atomic mass is 10.1. The Hall–Kier alpha value is -1.26. The molecule has 0 saturated carbocycles. The van der Waals surface area contributed by atoms with Gasteiger partial charge in [-0.25, -0.2) is 0 Å². The average molecular weight is 337 g/mol. The van der Waals surface area contributed by atoms with Gasteiger partial charge in [0.1, 0.15) is 5.76 Å². The zero-order valence-corrected chi connectivity index (χ0v) is 13.8. The smallest absolute Gasteiger partial charge is 0.123 e. The van der Waals surface area contributed by atoms with Crippen molar-refractivity contribution in [2.75, 3.05) is 18.5 Å². The van der Waals surface area contributed by atoms with Gasteiger partial charge in [-0.05, 0) is 59.2 Å². The Morgan fingerprint density at radius 2 is 2.15 bits per heavy atom. The van der Waals surface area contributed by atoms with Crippen LogP contribution in [0.5, 0.6) is 0 Å². The van der Waals surface area contributed by atoms with Crippen molar-refractivity contribution in [3.8, 4) is 0 Å². The molecule has 0 bridgehead atoms. The van der Waals surface area contributed by atoms with E-state index in [1.807, 2.05) is 12.1 Å². The second-order valence-corrected chi connectivity index (χ2v) is 5.78. The molecule has 0 amide bonds. The lowest BCUT2D eigenvalue weighted by Crippen LogP contribution is -2.19. The predicted octanol–water partition coefficient (Wildman–Crippen LogP) is 4.35. The molecule has 0 aliphatic heterocycles. The van der Waals surface area contributed by atoms with E-state index in [1.165, 1.54) is 5.56 Å². The van der Waals surface area contributed by atoms with Crippen LogP contribution in [0.2, 0.25) is 0 Å². The van der Waals surface area contributed by atoms with Gasteiger partial charge in [-0.3, -0.25) is 0 Å². The Morgan fingerprint density at radius 1 is 1.35 bits per heavy atom. The zero-order chi connectivity index (χ0) is 14.5. The quantitative estimate of drug-likeness (QED) is 0.849. The molecule has 4 heteroatoms. The van der Waals surface area contributed by atoms with E-state index in [9.17, 15) is 0 Å². The first kappa shape index (κ1) is 15.1. The molecule has 0 fully saturated rings. The van der Waals surface area contributed by atoms with Crippen LogP contribution >= 0.6 is 15.9 Å². The van der Waals surface area contributed by atoms with Gasteiger partial charge >= 0.3 is 0 Å². The number of hydrogen-bond donors (Lipinski definition) is 1. The third kappa shape index (κ3) is 3.64. The summed E-state index contributed by atoms with van der Waals surface area (Å²) in [6.07, 6.45) is 1.71. The van der Waals surface area contributed by atoms with E-state index in [0.29, 0.717) is 6.04 Å². The number of furan rings is 1. The van der Waals surface area contributed by atoms with Crippen LogP contribution in [0.4, 0.5) is 5.69 Å². The maximum absolute atomic E-state index is 5.39. The minimum Gasteiger partial charge on any atom is -0.467 e. The molecule has 2 rings (SSSR count). The van der Waals surface area contributed by atoms with Crippen LogP contribution in [0.25, 0.3) is 0 Å². The van der Waals surface area contributed by atoms with Crippen molar-refractivity contribution in [3.05, 3.63) is 52.4 Å². The van der Waals surface area contributed by atoms with E-state index in [-0.39, 0.29) is 0 Å². The van der Waals surface area contributed by atoms with Crippen LogP contribution in [0.3, 0.4) is 0 Å². The maximum atomic E-state index is 5.39. The van der Waals surface area contributed by atoms with Crippen LogP contribution in [0, 0.1) is 0 Å². The zero-order valence-electron chi connectivity index (χ0n) is 12.2. The van der Waals surface area contributed by atoms with Gasteiger partial charge in [0.15, 0.2) is 0 Å². The highest BCUT2D eigenvalue weighted by Crippen LogP contribution is 2.29. The van der Waals surface area contributed by atoms with Crippen LogP contribution in [0.1, 0.15) is 31.2 Å². The monoisotopic (exact) mass is 336 g/mol. The third-order valence-electron chi connectivity index (χ3n) is 3.37. The van der Waals surface area contributed by atoms with Crippen molar-refractivity contribution < 1.29 is 4.42 Å². The second-order valence-electron chi connectivity index (χ2n) is 4.93. The number of anilines is 1. The number of hydrogen-bond acceptors (Lipinski definition) is 3. The highest BCUT2D eigenvalue weighted by molar-refractivity contribution is 9.10. The molecule has 1 unspecified atom stereocenters. The molecule has 3 nitrogen and oxygen atoms in total. The molecule has 1 aromatic carbocycles. The van der Waals surface area contributed by atoms with E-state index in [1.54, 1.807) is 6.26 Å². The Bertz CT molecular complexity index is 539. The molecule has 1 N–H and O–H groups in total. The molecule has 0 radical (unpaired) electrons. The minimum atomic E-state index is 0.362. The summed E-state index contributed by atoms with van der Waals surface area (Å²) in [5.41, 5.74) is 2.45. The molecule has 0 saturated heterocycles. The van der Waals surface area contributed by atoms with Crippen molar-refractivity contribution in [3.63, 3.8) is 0 Å². The van der Waals surface area contributed by atoms with Gasteiger partial charge in [0, 0.05) is 17.6 Å². The van der Waals surface area contributed by atoms with Crippen molar-refractivity contribution in [1.29, 1.82) is 0 Å². The van der Waals surface area contributed by atoms with Crippen LogP contribution in [-0.2, 0) is 6.54 Å². The van der Waals surface area contributed by atoms with Crippen LogP contribution in [-0.4, -0.2) is 13.6 Å². The van der Waals surface area contributed by atoms with Crippen molar-refractivity contribution >= 4 is 21.6 Å². The Balaban J connectivity index is 2.12. The number of rotatable bonds is 6. The van der Waals surface area contributed by atoms with Crippen molar-refractivity contribution in [2.45, 2.75) is 26.4 Å². The fourth-order valence-corrected chi connectivity index (χ4v) is 2.95. The molecule has 0 aliphatic rings. The number of halogens is 1. The van der Waals surface area contributed by atoms with Gasteiger partial charge in [0.2, 0.25) is 0 Å². The summed E-state index contributed by atoms with van der Waals surface area (Å²) in [6.45, 7) is 6.03. The number of benzene rings is 1. The van der Waals surface area contributed by atoms with E-state index < -0.39 is 0 Å². The molecular weight excluding hydrogens is 316 g/mol.